The molecule has 1 heterocycles. The van der Waals surface area contributed by atoms with Gasteiger partial charge in [0.05, 0.1) is 16.8 Å². The minimum atomic E-state index is -0.595. The molecule has 0 aliphatic carbocycles. The van der Waals surface area contributed by atoms with Gasteiger partial charge in [0.15, 0.2) is 0 Å². The topological polar surface area (TPSA) is 105 Å². The van der Waals surface area contributed by atoms with Crippen molar-refractivity contribution in [1.82, 2.24) is 5.16 Å². The van der Waals surface area contributed by atoms with Crippen LogP contribution in [0.1, 0.15) is 37.7 Å². The van der Waals surface area contributed by atoms with Crippen LogP contribution in [0, 0.1) is 13.8 Å². The number of hydrogen-bond donors (Lipinski definition) is 1. The van der Waals surface area contributed by atoms with Crippen molar-refractivity contribution in [3.8, 4) is 11.5 Å². The van der Waals surface area contributed by atoms with Crippen LogP contribution in [0.4, 0.5) is 0 Å². The zero-order chi connectivity index (χ0) is 19.4. The van der Waals surface area contributed by atoms with Crippen molar-refractivity contribution in [2.75, 3.05) is 0 Å². The number of esters is 1. The third-order valence-corrected chi connectivity index (χ3v) is 3.96. The molecule has 0 aliphatic heterocycles. The Morgan fingerprint density at radius 2 is 1.70 bits per heavy atom. The molecule has 7 nitrogen and oxygen atoms in total. The second-order valence-corrected chi connectivity index (χ2v) is 5.90. The largest absolute Gasteiger partial charge is 0.489 e. The number of carbonyl (C=O) groups is 2. The van der Waals surface area contributed by atoms with Gasteiger partial charge in [-0.15, -0.1) is 0 Å². The van der Waals surface area contributed by atoms with Crippen LogP contribution in [-0.4, -0.2) is 17.0 Å². The van der Waals surface area contributed by atoms with E-state index in [2.05, 4.69) is 5.16 Å². The van der Waals surface area contributed by atoms with Crippen LogP contribution in [0.15, 0.2) is 53.1 Å². The Kier molecular flexibility index (Phi) is 5.21. The van der Waals surface area contributed by atoms with Crippen LogP contribution in [0.5, 0.6) is 11.5 Å². The monoisotopic (exact) mass is 366 g/mol. The van der Waals surface area contributed by atoms with Gasteiger partial charge in [0, 0.05) is 5.56 Å². The first-order valence-corrected chi connectivity index (χ1v) is 8.20. The number of ether oxygens (including phenoxy) is 2. The smallest absolute Gasteiger partial charge is 0.343 e. The average molecular weight is 366 g/mol. The van der Waals surface area contributed by atoms with Gasteiger partial charge in [-0.2, -0.15) is 0 Å². The molecule has 1 aromatic heterocycles. The van der Waals surface area contributed by atoms with E-state index in [-0.39, 0.29) is 17.9 Å². The molecule has 0 aliphatic rings. The van der Waals surface area contributed by atoms with Gasteiger partial charge in [-0.25, -0.2) is 4.79 Å². The number of carbonyl (C=O) groups excluding carboxylic acids is 2. The molecule has 0 bridgehead atoms. The molecule has 2 N–H and O–H groups in total. The standard InChI is InChI=1S/C20H18N2O5/c1-12-18(13(2)27-22-12)11-25-16-7-4-6-15(10-16)20(24)26-17-8-3-5-14(9-17)19(21)23/h3-10H,11H2,1-2H3,(H2,21,23). The van der Waals surface area contributed by atoms with Crippen molar-refractivity contribution in [3.63, 3.8) is 0 Å². The van der Waals surface area contributed by atoms with Crippen LogP contribution in [0.2, 0.25) is 0 Å². The molecule has 0 fully saturated rings. The second-order valence-electron chi connectivity index (χ2n) is 5.90. The third kappa shape index (κ3) is 4.33. The summed E-state index contributed by atoms with van der Waals surface area (Å²) in [6, 6.07) is 12.7. The maximum Gasteiger partial charge on any atom is 0.343 e. The lowest BCUT2D eigenvalue weighted by atomic mass is 10.2. The summed E-state index contributed by atoms with van der Waals surface area (Å²) in [5.41, 5.74) is 7.44. The minimum absolute atomic E-state index is 0.235. The van der Waals surface area contributed by atoms with Crippen LogP contribution in [0.3, 0.4) is 0 Å². The first-order valence-electron chi connectivity index (χ1n) is 8.20. The minimum Gasteiger partial charge on any atom is -0.489 e. The number of aromatic nitrogens is 1. The lowest BCUT2D eigenvalue weighted by Gasteiger charge is -2.08. The Bertz CT molecular complexity index is 974. The first kappa shape index (κ1) is 18.2. The number of hydrogen-bond acceptors (Lipinski definition) is 6. The molecule has 0 saturated heterocycles. The van der Waals surface area contributed by atoms with Crippen molar-refractivity contribution >= 4 is 11.9 Å². The summed E-state index contributed by atoms with van der Waals surface area (Å²) in [5, 5.41) is 3.88. The van der Waals surface area contributed by atoms with E-state index in [1.54, 1.807) is 42.5 Å². The fourth-order valence-corrected chi connectivity index (χ4v) is 2.46. The van der Waals surface area contributed by atoms with E-state index in [4.69, 9.17) is 19.7 Å². The molecule has 3 rings (SSSR count). The highest BCUT2D eigenvalue weighted by Crippen LogP contribution is 2.20. The number of amides is 1. The normalized spacial score (nSPS) is 10.4. The molecule has 7 heteroatoms. The highest BCUT2D eigenvalue weighted by molar-refractivity contribution is 5.94. The zero-order valence-corrected chi connectivity index (χ0v) is 14.9. The molecule has 0 radical (unpaired) electrons. The van der Waals surface area contributed by atoms with E-state index in [9.17, 15) is 9.59 Å². The molecular weight excluding hydrogens is 348 g/mol. The van der Waals surface area contributed by atoms with Crippen LogP contribution in [-0.2, 0) is 6.61 Å². The van der Waals surface area contributed by atoms with Gasteiger partial charge in [0.25, 0.3) is 0 Å². The summed E-state index contributed by atoms with van der Waals surface area (Å²) in [4.78, 5) is 23.6. The number of nitrogens with two attached hydrogens (primary N) is 1. The van der Waals surface area contributed by atoms with Crippen LogP contribution < -0.4 is 15.2 Å². The van der Waals surface area contributed by atoms with Crippen molar-refractivity contribution in [2.45, 2.75) is 20.5 Å². The zero-order valence-electron chi connectivity index (χ0n) is 14.9. The maximum atomic E-state index is 12.4. The van der Waals surface area contributed by atoms with Gasteiger partial charge in [0.2, 0.25) is 5.91 Å². The van der Waals surface area contributed by atoms with Crippen molar-refractivity contribution in [3.05, 3.63) is 76.7 Å². The molecule has 0 atom stereocenters. The number of primary amides is 1. The Labute approximate surface area is 155 Å². The lowest BCUT2D eigenvalue weighted by Crippen LogP contribution is -2.12. The fourth-order valence-electron chi connectivity index (χ4n) is 2.46. The van der Waals surface area contributed by atoms with Gasteiger partial charge >= 0.3 is 5.97 Å². The third-order valence-electron chi connectivity index (χ3n) is 3.96. The Morgan fingerprint density at radius 1 is 1.04 bits per heavy atom. The Balaban J connectivity index is 1.70. The summed E-state index contributed by atoms with van der Waals surface area (Å²) in [5.74, 6) is 0.271. The van der Waals surface area contributed by atoms with E-state index < -0.39 is 11.9 Å². The highest BCUT2D eigenvalue weighted by atomic mass is 16.5. The SMILES string of the molecule is Cc1noc(C)c1COc1cccc(C(=O)Oc2cccc(C(N)=O)c2)c1. The van der Waals surface area contributed by atoms with Gasteiger partial charge in [-0.05, 0) is 50.2 Å². The van der Waals surface area contributed by atoms with Crippen molar-refractivity contribution in [2.24, 2.45) is 5.73 Å². The summed E-state index contributed by atoms with van der Waals surface area (Å²) < 4.78 is 16.1. The van der Waals surface area contributed by atoms with E-state index in [0.717, 1.165) is 11.3 Å². The van der Waals surface area contributed by atoms with E-state index in [1.165, 1.54) is 6.07 Å². The number of rotatable bonds is 6. The summed E-state index contributed by atoms with van der Waals surface area (Å²) in [7, 11) is 0. The van der Waals surface area contributed by atoms with Gasteiger partial charge < -0.3 is 19.7 Å². The molecule has 138 valence electrons. The van der Waals surface area contributed by atoms with E-state index in [1.807, 2.05) is 13.8 Å². The maximum absolute atomic E-state index is 12.4. The van der Waals surface area contributed by atoms with E-state index >= 15 is 0 Å². The molecule has 3 aromatic rings. The number of aryl methyl sites for hydroxylation is 2. The predicted molar refractivity (Wildman–Crippen MR) is 96.7 cm³/mol. The second kappa shape index (κ2) is 7.74. The predicted octanol–water partition coefficient (Wildman–Crippen LogP) is 3.19. The Morgan fingerprint density at radius 3 is 2.37 bits per heavy atom. The quantitative estimate of drug-likeness (QED) is 0.531. The number of nitrogens with zero attached hydrogens (tertiary/aromatic N) is 1. The van der Waals surface area contributed by atoms with Gasteiger partial charge in [0.1, 0.15) is 23.9 Å². The summed E-state index contributed by atoms with van der Waals surface area (Å²) in [6.07, 6.45) is 0. The first-order chi connectivity index (χ1) is 12.9. The average Bonchev–Trinajstić information content (AvgIpc) is 2.98. The van der Waals surface area contributed by atoms with Crippen molar-refractivity contribution < 1.29 is 23.6 Å². The lowest BCUT2D eigenvalue weighted by molar-refractivity contribution is 0.0733. The molecule has 2 aromatic carbocycles. The van der Waals surface area contributed by atoms with E-state index in [0.29, 0.717) is 17.1 Å². The molecule has 0 unspecified atom stereocenters. The highest BCUT2D eigenvalue weighted by Gasteiger charge is 2.13. The van der Waals surface area contributed by atoms with Gasteiger partial charge in [-0.1, -0.05) is 17.3 Å². The summed E-state index contributed by atoms with van der Waals surface area (Å²) >= 11 is 0. The van der Waals surface area contributed by atoms with Crippen LogP contribution in [0.25, 0.3) is 0 Å². The number of benzene rings is 2. The van der Waals surface area contributed by atoms with Crippen LogP contribution >= 0.6 is 0 Å². The van der Waals surface area contributed by atoms with Gasteiger partial charge in [-0.3, -0.25) is 4.79 Å². The Hall–Kier alpha value is -3.61. The molecule has 0 saturated carbocycles. The fraction of sp³-hybridized carbons (Fsp3) is 0.150. The summed E-state index contributed by atoms with van der Waals surface area (Å²) in [6.45, 7) is 3.93. The molecule has 27 heavy (non-hydrogen) atoms. The molecule has 1 amide bonds. The van der Waals surface area contributed by atoms with Crippen molar-refractivity contribution in [1.29, 1.82) is 0 Å². The molecular formula is C20H18N2O5. The molecule has 0 spiro atoms.